The van der Waals surface area contributed by atoms with Gasteiger partial charge in [0, 0.05) is 48.1 Å². The normalized spacial score (nSPS) is 17.2. The molecule has 1 saturated carbocycles. The van der Waals surface area contributed by atoms with Gasteiger partial charge in [-0.25, -0.2) is 8.96 Å². The van der Waals surface area contributed by atoms with Crippen LogP contribution in [0.4, 0.5) is 10.1 Å². The van der Waals surface area contributed by atoms with E-state index in [1.165, 1.54) is 24.6 Å². The number of hydrogen-bond acceptors (Lipinski definition) is 6. The largest absolute Gasteiger partial charge is 0.469 e. The summed E-state index contributed by atoms with van der Waals surface area (Å²) in [6, 6.07) is 3.49. The molecular formula is C34H48FN4O8P. The molecular weight excluding hydrogens is 642 g/mol. The van der Waals surface area contributed by atoms with Gasteiger partial charge in [-0.3, -0.25) is 18.9 Å². The average molecular weight is 691 g/mol. The number of aryl methyl sites for hydroxylation is 1. The predicted molar refractivity (Wildman–Crippen MR) is 180 cm³/mol. The minimum atomic E-state index is -4.61. The number of phosphoric ester groups is 1. The van der Waals surface area contributed by atoms with Crippen molar-refractivity contribution in [1.29, 1.82) is 0 Å². The van der Waals surface area contributed by atoms with E-state index in [0.29, 0.717) is 67.1 Å². The minimum Gasteiger partial charge on any atom is -0.396 e. The molecule has 4 rings (SSSR count). The smallest absolute Gasteiger partial charge is 0.396 e. The van der Waals surface area contributed by atoms with E-state index in [9.17, 15) is 28.4 Å². The molecule has 0 saturated heterocycles. The van der Waals surface area contributed by atoms with Gasteiger partial charge in [-0.2, -0.15) is 0 Å². The molecule has 1 aliphatic carbocycles. The number of anilines is 1. The van der Waals surface area contributed by atoms with Gasteiger partial charge in [-0.05, 0) is 80.9 Å². The molecule has 1 unspecified atom stereocenters. The first-order valence-corrected chi connectivity index (χ1v) is 18.3. The van der Waals surface area contributed by atoms with Crippen LogP contribution in [0.5, 0.6) is 0 Å². The first-order valence-electron chi connectivity index (χ1n) is 16.7. The van der Waals surface area contributed by atoms with Crippen LogP contribution in [0.15, 0.2) is 18.2 Å². The molecule has 3 amide bonds. The Morgan fingerprint density at radius 3 is 2.62 bits per heavy atom. The van der Waals surface area contributed by atoms with Crippen molar-refractivity contribution in [2.24, 2.45) is 11.8 Å². The fourth-order valence-corrected chi connectivity index (χ4v) is 7.00. The highest BCUT2D eigenvalue weighted by Gasteiger charge is 2.27. The number of carbonyl (C=O) groups excluding carboxylic acids is 3. The summed E-state index contributed by atoms with van der Waals surface area (Å²) in [6.07, 6.45) is 9.98. The summed E-state index contributed by atoms with van der Waals surface area (Å²) in [5.41, 5.74) is 4.81. The number of unbranched alkanes of at least 4 members (excludes halogenated alkanes) is 1. The number of rotatable bonds is 17. The highest BCUT2D eigenvalue weighted by molar-refractivity contribution is 7.46. The van der Waals surface area contributed by atoms with Gasteiger partial charge < -0.3 is 35.8 Å². The number of amides is 3. The maximum atomic E-state index is 13.9. The van der Waals surface area contributed by atoms with Crippen LogP contribution in [0.3, 0.4) is 0 Å². The van der Waals surface area contributed by atoms with Crippen molar-refractivity contribution in [1.82, 2.24) is 15.6 Å². The van der Waals surface area contributed by atoms with Gasteiger partial charge in [0.05, 0.1) is 12.2 Å². The number of aromatic amines is 1. The van der Waals surface area contributed by atoms with Gasteiger partial charge in [0.1, 0.15) is 11.9 Å². The first kappa shape index (κ1) is 37.5. The number of carbonyl (C=O) groups is 3. The molecule has 2 heterocycles. The zero-order chi connectivity index (χ0) is 34.8. The van der Waals surface area contributed by atoms with Gasteiger partial charge in [-0.15, -0.1) is 0 Å². The van der Waals surface area contributed by atoms with E-state index < -0.39 is 25.6 Å². The van der Waals surface area contributed by atoms with E-state index in [-0.39, 0.29) is 37.4 Å². The molecule has 48 heavy (non-hydrogen) atoms. The third-order valence-electron chi connectivity index (χ3n) is 9.31. The van der Waals surface area contributed by atoms with Crippen LogP contribution in [0.2, 0.25) is 0 Å². The van der Waals surface area contributed by atoms with Crippen LogP contribution < -0.4 is 16.0 Å². The number of aromatic nitrogens is 1. The van der Waals surface area contributed by atoms with Crippen LogP contribution in [-0.2, 0) is 29.9 Å². The van der Waals surface area contributed by atoms with Crippen molar-refractivity contribution in [2.75, 3.05) is 25.1 Å². The average Bonchev–Trinajstić information content (AvgIpc) is 3.49. The first-order chi connectivity index (χ1) is 22.8. The van der Waals surface area contributed by atoms with Crippen LogP contribution >= 0.6 is 7.82 Å². The lowest BCUT2D eigenvalue weighted by Crippen LogP contribution is -2.48. The van der Waals surface area contributed by atoms with Gasteiger partial charge >= 0.3 is 7.82 Å². The number of H-pyrrole nitrogens is 1. The molecule has 2 aliphatic rings. The number of phosphoric acid groups is 1. The topological polar surface area (TPSA) is 190 Å². The van der Waals surface area contributed by atoms with Gasteiger partial charge in [0.15, 0.2) is 0 Å². The Labute approximate surface area is 280 Å². The van der Waals surface area contributed by atoms with Crippen molar-refractivity contribution in [3.63, 3.8) is 0 Å². The van der Waals surface area contributed by atoms with Crippen molar-refractivity contribution in [3.8, 4) is 0 Å². The number of hydrogen-bond donors (Lipinski definition) is 7. The molecule has 14 heteroatoms. The van der Waals surface area contributed by atoms with Gasteiger partial charge in [-0.1, -0.05) is 38.5 Å². The second-order valence-corrected chi connectivity index (χ2v) is 14.2. The lowest BCUT2D eigenvalue weighted by Gasteiger charge is -2.26. The summed E-state index contributed by atoms with van der Waals surface area (Å²) in [5, 5.41) is 18.1. The Balaban J connectivity index is 1.32. The molecule has 1 aliphatic heterocycles. The summed E-state index contributed by atoms with van der Waals surface area (Å²) in [7, 11) is -4.61. The molecule has 0 radical (unpaired) electrons. The zero-order valence-corrected chi connectivity index (χ0v) is 28.5. The molecule has 2 atom stereocenters. The van der Waals surface area contributed by atoms with Crippen LogP contribution in [0.1, 0.15) is 92.3 Å². The Morgan fingerprint density at radius 2 is 1.92 bits per heavy atom. The molecule has 1 aromatic carbocycles. The van der Waals surface area contributed by atoms with Crippen molar-refractivity contribution < 1.29 is 42.8 Å². The summed E-state index contributed by atoms with van der Waals surface area (Å²) in [6.45, 7) is 3.65. The Hall–Kier alpha value is -3.35. The molecule has 264 valence electrons. The Bertz CT molecular complexity index is 1530. The lowest BCUT2D eigenvalue weighted by molar-refractivity contribution is -0.129. The van der Waals surface area contributed by atoms with Crippen molar-refractivity contribution in [3.05, 3.63) is 52.1 Å². The zero-order valence-electron chi connectivity index (χ0n) is 27.6. The Morgan fingerprint density at radius 1 is 1.17 bits per heavy atom. The van der Waals surface area contributed by atoms with Crippen LogP contribution in [0.25, 0.3) is 11.6 Å². The van der Waals surface area contributed by atoms with E-state index in [0.717, 1.165) is 42.5 Å². The summed E-state index contributed by atoms with van der Waals surface area (Å²) >= 11 is 0. The van der Waals surface area contributed by atoms with E-state index >= 15 is 0 Å². The van der Waals surface area contributed by atoms with Gasteiger partial charge in [0.2, 0.25) is 11.8 Å². The third-order valence-corrected chi connectivity index (χ3v) is 9.79. The minimum absolute atomic E-state index is 0.164. The maximum Gasteiger partial charge on any atom is 0.469 e. The molecule has 0 bridgehead atoms. The molecule has 1 fully saturated rings. The van der Waals surface area contributed by atoms with Crippen molar-refractivity contribution >= 4 is 42.9 Å². The number of fused-ring (bicyclic) bond motifs is 1. The maximum absolute atomic E-state index is 13.9. The summed E-state index contributed by atoms with van der Waals surface area (Å²) in [5.74, 6) is -1.29. The highest BCUT2D eigenvalue weighted by atomic mass is 31.2. The molecule has 0 spiro atoms. The quantitative estimate of drug-likeness (QED) is 0.0709. The monoisotopic (exact) mass is 690 g/mol. The van der Waals surface area contributed by atoms with Crippen molar-refractivity contribution in [2.45, 2.75) is 90.5 Å². The second-order valence-electron chi connectivity index (χ2n) is 13.0. The number of halogens is 1. The lowest BCUT2D eigenvalue weighted by atomic mass is 9.84. The molecule has 1 aromatic heterocycles. The fourth-order valence-electron chi connectivity index (χ4n) is 6.60. The third kappa shape index (κ3) is 10.8. The second kappa shape index (κ2) is 17.3. The number of nitrogens with one attached hydrogen (secondary N) is 4. The molecule has 12 nitrogen and oxygen atoms in total. The van der Waals surface area contributed by atoms with E-state index in [1.807, 2.05) is 13.8 Å². The SMILES string of the molecule is Cc1[nH]c(/C=C2\C(=O)Nc3ccc(F)cc32)c(C)c1CCC(=O)N[C@H](CC1CCCCC1)C(=O)NCCCCC(CO)COP(=O)(O)O. The van der Waals surface area contributed by atoms with E-state index in [4.69, 9.17) is 9.79 Å². The van der Waals surface area contributed by atoms with E-state index in [2.05, 4.69) is 25.5 Å². The number of aliphatic hydroxyl groups excluding tert-OH is 1. The molecule has 7 N–H and O–H groups in total. The summed E-state index contributed by atoms with van der Waals surface area (Å²) in [4.78, 5) is 60.1. The summed E-state index contributed by atoms with van der Waals surface area (Å²) < 4.78 is 29.3. The van der Waals surface area contributed by atoms with Gasteiger partial charge in [0.25, 0.3) is 5.91 Å². The predicted octanol–water partition coefficient (Wildman–Crippen LogP) is 4.66. The standard InChI is InChI=1S/C34H48FN4O8P/c1-21-26(22(2)37-30(21)18-28-27-17-25(35)11-13-29(27)39-33(28)42)12-14-32(41)38-31(16-23-8-4-3-5-9-23)34(43)36-15-7-6-10-24(19-40)20-47-48(44,45)46/h11,13,17-18,23-24,31,37,40H,3-10,12,14-16,19-20H2,1-2H3,(H,36,43)(H,38,41)(H,39,42)(H2,44,45,46)/b28-18-/t24?,31-/m1/s1. The van der Waals surface area contributed by atoms with E-state index in [1.54, 1.807) is 6.08 Å². The Kier molecular flexibility index (Phi) is 13.5. The number of benzene rings is 1. The number of aliphatic hydroxyl groups is 1. The molecule has 2 aromatic rings. The fraction of sp³-hybridized carbons (Fsp3) is 0.559. The van der Waals surface area contributed by atoms with Crippen LogP contribution in [0, 0.1) is 31.5 Å². The van der Waals surface area contributed by atoms with Crippen LogP contribution in [-0.4, -0.2) is 63.4 Å². The highest BCUT2D eigenvalue weighted by Crippen LogP contribution is 2.37.